The summed E-state index contributed by atoms with van der Waals surface area (Å²) in [5, 5.41) is 2.31. The zero-order valence-corrected chi connectivity index (χ0v) is 16.8. The van der Waals surface area contributed by atoms with Gasteiger partial charge in [0.15, 0.2) is 11.5 Å². The SMILES string of the molecule is C1=C(c2ccco2)NN2C1c1ccccc1OC21CCN(Cc2ccccc2)CC1. The lowest BCUT2D eigenvalue weighted by Crippen LogP contribution is -2.63. The molecule has 0 saturated carbocycles. The molecule has 30 heavy (non-hydrogen) atoms. The van der Waals surface area contributed by atoms with Crippen molar-refractivity contribution in [2.75, 3.05) is 13.1 Å². The Morgan fingerprint density at radius 3 is 2.53 bits per heavy atom. The molecule has 3 aliphatic rings. The van der Waals surface area contributed by atoms with Crippen LogP contribution < -0.4 is 10.2 Å². The first-order valence-corrected chi connectivity index (χ1v) is 10.7. The normalized spacial score (nSPS) is 22.7. The maximum Gasteiger partial charge on any atom is 0.182 e. The number of hydrogen-bond donors (Lipinski definition) is 1. The topological polar surface area (TPSA) is 40.9 Å². The molecule has 4 heterocycles. The van der Waals surface area contributed by atoms with E-state index < -0.39 is 0 Å². The van der Waals surface area contributed by atoms with Gasteiger partial charge in [-0.1, -0.05) is 48.5 Å². The van der Waals surface area contributed by atoms with Gasteiger partial charge in [-0.05, 0) is 29.8 Å². The van der Waals surface area contributed by atoms with Crippen LogP contribution in [0.2, 0.25) is 0 Å². The van der Waals surface area contributed by atoms with Crippen LogP contribution in [0.15, 0.2) is 83.5 Å². The predicted molar refractivity (Wildman–Crippen MR) is 115 cm³/mol. The summed E-state index contributed by atoms with van der Waals surface area (Å²) >= 11 is 0. The molecule has 1 fully saturated rings. The standard InChI is InChI=1S/C25H25N3O2/c1-2-7-19(8-3-1)18-27-14-12-25(13-15-27)28-22(20-9-4-5-10-23(20)30-25)17-21(26-28)24-11-6-16-29-24/h1-11,16-17,22,26H,12-15,18H2. The van der Waals surface area contributed by atoms with Gasteiger partial charge in [0.25, 0.3) is 0 Å². The number of fused-ring (bicyclic) bond motifs is 4. The Morgan fingerprint density at radius 2 is 1.73 bits per heavy atom. The van der Waals surface area contributed by atoms with Crippen LogP contribution in [0.25, 0.3) is 5.70 Å². The summed E-state index contributed by atoms with van der Waals surface area (Å²) in [5.74, 6) is 1.85. The number of piperidine rings is 1. The molecule has 1 saturated heterocycles. The predicted octanol–water partition coefficient (Wildman–Crippen LogP) is 4.57. The lowest BCUT2D eigenvalue weighted by atomic mass is 9.92. The fourth-order valence-electron chi connectivity index (χ4n) is 4.94. The van der Waals surface area contributed by atoms with Crippen molar-refractivity contribution in [3.63, 3.8) is 0 Å². The summed E-state index contributed by atoms with van der Waals surface area (Å²) in [6.07, 6.45) is 5.86. The van der Waals surface area contributed by atoms with Crippen molar-refractivity contribution >= 4 is 5.70 Å². The number of ether oxygens (including phenoxy) is 1. The van der Waals surface area contributed by atoms with E-state index in [0.29, 0.717) is 0 Å². The second kappa shape index (κ2) is 7.04. The summed E-state index contributed by atoms with van der Waals surface area (Å²) in [5.41, 5.74) is 6.83. The third-order valence-electron chi connectivity index (χ3n) is 6.49. The summed E-state index contributed by atoms with van der Waals surface area (Å²) in [6, 6.07) is 23.2. The second-order valence-corrected chi connectivity index (χ2v) is 8.33. The van der Waals surface area contributed by atoms with Crippen LogP contribution in [0.4, 0.5) is 0 Å². The Kier molecular flexibility index (Phi) is 4.18. The van der Waals surface area contributed by atoms with Crippen molar-refractivity contribution in [3.8, 4) is 5.75 Å². The Balaban J connectivity index is 1.28. The highest BCUT2D eigenvalue weighted by Crippen LogP contribution is 2.48. The van der Waals surface area contributed by atoms with E-state index in [1.54, 1.807) is 6.26 Å². The Bertz CT molecular complexity index is 1050. The number of hydrogen-bond acceptors (Lipinski definition) is 5. The van der Waals surface area contributed by atoms with Crippen LogP contribution >= 0.6 is 0 Å². The number of likely N-dealkylation sites (tertiary alicyclic amines) is 1. The molecule has 3 aromatic rings. The molecule has 1 aromatic heterocycles. The van der Waals surface area contributed by atoms with E-state index in [2.05, 4.69) is 76.0 Å². The van der Waals surface area contributed by atoms with Crippen LogP contribution in [-0.2, 0) is 6.54 Å². The monoisotopic (exact) mass is 399 g/mol. The summed E-state index contributed by atoms with van der Waals surface area (Å²) < 4.78 is 12.4. The van der Waals surface area contributed by atoms with Crippen molar-refractivity contribution in [1.29, 1.82) is 0 Å². The molecule has 1 atom stereocenters. The molecule has 6 rings (SSSR count). The van der Waals surface area contributed by atoms with Gasteiger partial charge in [0.05, 0.1) is 18.0 Å². The zero-order chi connectivity index (χ0) is 20.0. The number of hydrazine groups is 1. The fourth-order valence-corrected chi connectivity index (χ4v) is 4.94. The van der Waals surface area contributed by atoms with Gasteiger partial charge in [0.1, 0.15) is 5.75 Å². The average Bonchev–Trinajstić information content (AvgIpc) is 3.47. The molecule has 5 heteroatoms. The molecule has 1 unspecified atom stereocenters. The third kappa shape index (κ3) is 2.93. The van der Waals surface area contributed by atoms with E-state index in [-0.39, 0.29) is 11.8 Å². The van der Waals surface area contributed by atoms with Crippen LogP contribution in [0, 0.1) is 0 Å². The van der Waals surface area contributed by atoms with Gasteiger partial charge >= 0.3 is 0 Å². The highest BCUT2D eigenvalue weighted by atomic mass is 16.5. The number of benzene rings is 2. The lowest BCUT2D eigenvalue weighted by molar-refractivity contribution is -0.160. The molecule has 0 amide bonds. The molecule has 152 valence electrons. The Morgan fingerprint density at radius 1 is 0.933 bits per heavy atom. The molecule has 0 radical (unpaired) electrons. The Hall–Kier alpha value is -3.02. The minimum atomic E-state index is -0.364. The van der Waals surface area contributed by atoms with E-state index in [9.17, 15) is 0 Å². The van der Waals surface area contributed by atoms with Crippen LogP contribution in [-0.4, -0.2) is 28.7 Å². The number of furan rings is 1. The van der Waals surface area contributed by atoms with E-state index in [0.717, 1.165) is 49.7 Å². The Labute approximate surface area is 176 Å². The first-order valence-electron chi connectivity index (χ1n) is 10.7. The van der Waals surface area contributed by atoms with Crippen molar-refractivity contribution in [3.05, 3.63) is 96.0 Å². The van der Waals surface area contributed by atoms with Gasteiger partial charge in [-0.25, -0.2) is 0 Å². The molecule has 3 aliphatic heterocycles. The van der Waals surface area contributed by atoms with Crippen LogP contribution in [0.1, 0.15) is 35.8 Å². The van der Waals surface area contributed by atoms with E-state index in [1.165, 1.54) is 11.1 Å². The number of rotatable bonds is 3. The minimum Gasteiger partial charge on any atom is -0.470 e. The van der Waals surface area contributed by atoms with Gasteiger partial charge in [0, 0.05) is 38.0 Å². The van der Waals surface area contributed by atoms with E-state index >= 15 is 0 Å². The first kappa shape index (κ1) is 17.8. The first-order chi connectivity index (χ1) is 14.8. The lowest BCUT2D eigenvalue weighted by Gasteiger charge is -2.51. The highest BCUT2D eigenvalue weighted by Gasteiger charge is 2.51. The van der Waals surface area contributed by atoms with Crippen LogP contribution in [0.5, 0.6) is 5.75 Å². The summed E-state index contributed by atoms with van der Waals surface area (Å²) in [6.45, 7) is 2.98. The average molecular weight is 399 g/mol. The fraction of sp³-hybridized carbons (Fsp3) is 0.280. The smallest absolute Gasteiger partial charge is 0.182 e. The zero-order valence-electron chi connectivity index (χ0n) is 16.8. The molecule has 1 spiro atoms. The van der Waals surface area contributed by atoms with E-state index in [4.69, 9.17) is 9.15 Å². The number of nitrogens with zero attached hydrogens (tertiary/aromatic N) is 2. The van der Waals surface area contributed by atoms with Gasteiger partial charge in [-0.3, -0.25) is 4.90 Å². The molecule has 5 nitrogen and oxygen atoms in total. The quantitative estimate of drug-likeness (QED) is 0.699. The molecular weight excluding hydrogens is 374 g/mol. The van der Waals surface area contributed by atoms with Crippen molar-refractivity contribution in [2.24, 2.45) is 0 Å². The maximum absolute atomic E-state index is 6.71. The van der Waals surface area contributed by atoms with Gasteiger partial charge < -0.3 is 14.6 Å². The van der Waals surface area contributed by atoms with Crippen LogP contribution in [0.3, 0.4) is 0 Å². The third-order valence-corrected chi connectivity index (χ3v) is 6.49. The van der Waals surface area contributed by atoms with Gasteiger partial charge in [0.2, 0.25) is 0 Å². The van der Waals surface area contributed by atoms with Crippen molar-refractivity contribution in [2.45, 2.75) is 31.2 Å². The van der Waals surface area contributed by atoms with Gasteiger partial charge in [-0.15, -0.1) is 0 Å². The molecule has 1 N–H and O–H groups in total. The minimum absolute atomic E-state index is 0.135. The summed E-state index contributed by atoms with van der Waals surface area (Å²) in [4.78, 5) is 2.52. The number of nitrogens with one attached hydrogen (secondary N) is 1. The maximum atomic E-state index is 6.71. The molecule has 0 aliphatic carbocycles. The second-order valence-electron chi connectivity index (χ2n) is 8.33. The molecule has 0 bridgehead atoms. The number of para-hydroxylation sites is 1. The van der Waals surface area contributed by atoms with Crippen molar-refractivity contribution < 1.29 is 9.15 Å². The van der Waals surface area contributed by atoms with Crippen molar-refractivity contribution in [1.82, 2.24) is 15.3 Å². The summed E-state index contributed by atoms with van der Waals surface area (Å²) in [7, 11) is 0. The molecular formula is C25H25N3O2. The largest absolute Gasteiger partial charge is 0.470 e. The highest BCUT2D eigenvalue weighted by molar-refractivity contribution is 5.64. The van der Waals surface area contributed by atoms with E-state index in [1.807, 2.05) is 12.1 Å². The molecule has 2 aromatic carbocycles. The van der Waals surface area contributed by atoms with Gasteiger partial charge in [-0.2, -0.15) is 5.01 Å².